The normalized spacial score (nSPS) is 19.6. The van der Waals surface area contributed by atoms with Gasteiger partial charge in [-0.1, -0.05) is 65.7 Å². The van der Waals surface area contributed by atoms with Crippen LogP contribution in [0.5, 0.6) is 5.75 Å². The fourth-order valence-electron chi connectivity index (χ4n) is 4.88. The summed E-state index contributed by atoms with van der Waals surface area (Å²) in [4.78, 5) is 28.4. The van der Waals surface area contributed by atoms with Gasteiger partial charge in [0.15, 0.2) is 6.10 Å². The van der Waals surface area contributed by atoms with Gasteiger partial charge >= 0.3 is 0 Å². The van der Waals surface area contributed by atoms with E-state index in [1.54, 1.807) is 29.2 Å². The highest BCUT2D eigenvalue weighted by atomic mass is 35.5. The third kappa shape index (κ3) is 5.91. The zero-order chi connectivity index (χ0) is 27.6. The number of ether oxygens (including phenoxy) is 1. The Bertz CT molecular complexity index is 1490. The van der Waals surface area contributed by atoms with Gasteiger partial charge in [-0.2, -0.15) is 4.31 Å². The highest BCUT2D eigenvalue weighted by Gasteiger charge is 2.40. The van der Waals surface area contributed by atoms with E-state index in [0.717, 1.165) is 5.56 Å². The fraction of sp³-hybridized carbons (Fsp3) is 0.286. The summed E-state index contributed by atoms with van der Waals surface area (Å²) in [6, 6.07) is 20.8. The van der Waals surface area contributed by atoms with Crippen LogP contribution < -0.4 is 15.0 Å². The molecule has 39 heavy (non-hydrogen) atoms. The molecule has 2 heterocycles. The van der Waals surface area contributed by atoms with Gasteiger partial charge < -0.3 is 15.0 Å². The number of fused-ring (bicyclic) bond motifs is 1. The second-order valence-corrected chi connectivity index (χ2v) is 12.3. The summed E-state index contributed by atoms with van der Waals surface area (Å²) in [5.74, 6) is -0.785. The summed E-state index contributed by atoms with van der Waals surface area (Å²) in [5, 5.41) is 3.20. The Morgan fingerprint density at radius 3 is 2.51 bits per heavy atom. The predicted octanol–water partition coefficient (Wildman–Crippen LogP) is 4.50. The molecular weight excluding hydrogens is 561 g/mol. The van der Waals surface area contributed by atoms with Gasteiger partial charge in [0, 0.05) is 24.7 Å². The van der Waals surface area contributed by atoms with Crippen LogP contribution in [0.2, 0.25) is 10.0 Å². The molecule has 204 valence electrons. The average Bonchev–Trinajstić information content (AvgIpc) is 2.96. The second kappa shape index (κ2) is 11.6. The van der Waals surface area contributed by atoms with E-state index in [2.05, 4.69) is 5.32 Å². The van der Waals surface area contributed by atoms with Crippen LogP contribution in [0.4, 0.5) is 5.69 Å². The molecule has 1 N–H and O–H groups in total. The van der Waals surface area contributed by atoms with Crippen molar-refractivity contribution in [2.75, 3.05) is 24.5 Å². The van der Waals surface area contributed by atoms with Crippen LogP contribution in [-0.2, 0) is 26.2 Å². The largest absolute Gasteiger partial charge is 0.477 e. The molecule has 0 aromatic heterocycles. The summed E-state index contributed by atoms with van der Waals surface area (Å²) < 4.78 is 34.1. The number of nitrogens with one attached hydrogen (secondary N) is 1. The van der Waals surface area contributed by atoms with Gasteiger partial charge in [0.2, 0.25) is 15.9 Å². The van der Waals surface area contributed by atoms with Crippen molar-refractivity contribution in [3.05, 3.63) is 88.4 Å². The van der Waals surface area contributed by atoms with E-state index < -0.39 is 22.0 Å². The lowest BCUT2D eigenvalue weighted by molar-refractivity contribution is -0.129. The van der Waals surface area contributed by atoms with Crippen LogP contribution in [0.1, 0.15) is 18.4 Å². The van der Waals surface area contributed by atoms with E-state index in [1.807, 2.05) is 30.3 Å². The maximum atomic E-state index is 13.9. The summed E-state index contributed by atoms with van der Waals surface area (Å²) in [6.07, 6.45) is 0.0977. The molecule has 2 aliphatic rings. The highest BCUT2D eigenvalue weighted by molar-refractivity contribution is 7.89. The van der Waals surface area contributed by atoms with Crippen molar-refractivity contribution in [2.45, 2.75) is 30.4 Å². The maximum absolute atomic E-state index is 13.9. The molecule has 0 bridgehead atoms. The number of benzene rings is 3. The van der Waals surface area contributed by atoms with Crippen LogP contribution in [-0.4, -0.2) is 50.3 Å². The van der Waals surface area contributed by atoms with E-state index in [4.69, 9.17) is 27.9 Å². The predicted molar refractivity (Wildman–Crippen MR) is 149 cm³/mol. The van der Waals surface area contributed by atoms with Crippen molar-refractivity contribution in [2.24, 2.45) is 5.92 Å². The van der Waals surface area contributed by atoms with Crippen LogP contribution >= 0.6 is 23.2 Å². The number of carbonyl (C=O) groups is 2. The Balaban J connectivity index is 1.34. The fourth-order valence-corrected chi connectivity index (χ4v) is 7.14. The molecule has 3 aromatic rings. The van der Waals surface area contributed by atoms with Crippen molar-refractivity contribution >= 4 is 50.7 Å². The lowest BCUT2D eigenvalue weighted by Gasteiger charge is -2.38. The first-order valence-electron chi connectivity index (χ1n) is 12.6. The summed E-state index contributed by atoms with van der Waals surface area (Å²) in [7, 11) is -3.97. The molecule has 2 amide bonds. The third-order valence-electron chi connectivity index (χ3n) is 6.89. The quantitative estimate of drug-likeness (QED) is 0.458. The van der Waals surface area contributed by atoms with Crippen molar-refractivity contribution in [3.8, 4) is 5.75 Å². The van der Waals surface area contributed by atoms with Gasteiger partial charge in [-0.25, -0.2) is 8.42 Å². The first-order valence-corrected chi connectivity index (χ1v) is 14.8. The van der Waals surface area contributed by atoms with Crippen LogP contribution in [0.15, 0.2) is 77.7 Å². The van der Waals surface area contributed by atoms with Crippen molar-refractivity contribution in [3.63, 3.8) is 0 Å². The minimum absolute atomic E-state index is 0.00555. The van der Waals surface area contributed by atoms with Crippen molar-refractivity contribution < 1.29 is 22.7 Å². The second-order valence-electron chi connectivity index (χ2n) is 9.50. The van der Waals surface area contributed by atoms with Gasteiger partial charge in [0.1, 0.15) is 10.6 Å². The van der Waals surface area contributed by atoms with Crippen LogP contribution in [0, 0.1) is 5.92 Å². The molecule has 0 radical (unpaired) electrons. The van der Waals surface area contributed by atoms with Crippen LogP contribution in [0.25, 0.3) is 0 Å². The van der Waals surface area contributed by atoms with Crippen molar-refractivity contribution in [1.82, 2.24) is 9.62 Å². The Kier molecular flexibility index (Phi) is 8.13. The molecule has 0 unspecified atom stereocenters. The summed E-state index contributed by atoms with van der Waals surface area (Å²) >= 11 is 12.2. The topological polar surface area (TPSA) is 96.0 Å². The molecule has 3 aromatic carbocycles. The SMILES string of the molecule is O=C(NCc1ccccc1)[C@@H]1CN(C(=O)[C@H]2CCCN(S(=O)(=O)c3cc(Cl)ccc3Cl)C2)c2ccccc2O1. The average molecular weight is 589 g/mol. The summed E-state index contributed by atoms with van der Waals surface area (Å²) in [6.45, 7) is 0.601. The van der Waals surface area contributed by atoms with Gasteiger partial charge in [-0.15, -0.1) is 0 Å². The van der Waals surface area contributed by atoms with Gasteiger partial charge in [0.05, 0.1) is 23.2 Å². The highest BCUT2D eigenvalue weighted by Crippen LogP contribution is 2.36. The van der Waals surface area contributed by atoms with E-state index in [9.17, 15) is 18.0 Å². The molecule has 8 nitrogen and oxygen atoms in total. The monoisotopic (exact) mass is 587 g/mol. The molecule has 2 aliphatic heterocycles. The zero-order valence-electron chi connectivity index (χ0n) is 20.9. The number of anilines is 1. The molecule has 0 spiro atoms. The Morgan fingerprint density at radius 2 is 1.72 bits per heavy atom. The first kappa shape index (κ1) is 27.5. The molecule has 2 atom stereocenters. The summed E-state index contributed by atoms with van der Waals surface area (Å²) in [5.41, 5.74) is 1.49. The molecule has 1 fully saturated rings. The zero-order valence-corrected chi connectivity index (χ0v) is 23.3. The number of hydrogen-bond donors (Lipinski definition) is 1. The Labute approximate surface area is 237 Å². The number of halogens is 2. The molecule has 11 heteroatoms. The number of sulfonamides is 1. The number of rotatable bonds is 6. The standard InChI is InChI=1S/C28H27Cl2N3O5S/c29-21-12-13-22(30)26(15-21)39(36,37)32-14-6-9-20(17-32)28(35)33-18-25(38-24-11-5-4-10-23(24)33)27(34)31-16-19-7-2-1-3-8-19/h1-5,7-8,10-13,15,20,25H,6,9,14,16-18H2,(H,31,34)/t20-,25-/m0/s1. The maximum Gasteiger partial charge on any atom is 0.263 e. The number of carbonyl (C=O) groups excluding carboxylic acids is 2. The smallest absolute Gasteiger partial charge is 0.263 e. The number of nitrogens with zero attached hydrogens (tertiary/aromatic N) is 2. The molecule has 0 saturated carbocycles. The third-order valence-corrected chi connectivity index (χ3v) is 9.47. The number of hydrogen-bond acceptors (Lipinski definition) is 5. The molecular formula is C28H27Cl2N3O5S. The number of para-hydroxylation sites is 2. The van der Waals surface area contributed by atoms with E-state index in [-0.39, 0.29) is 46.4 Å². The van der Waals surface area contributed by atoms with Gasteiger partial charge in [-0.3, -0.25) is 9.59 Å². The minimum atomic E-state index is -3.97. The molecule has 5 rings (SSSR count). The minimum Gasteiger partial charge on any atom is -0.477 e. The Morgan fingerprint density at radius 1 is 0.974 bits per heavy atom. The Hall–Kier alpha value is -3.11. The molecule has 1 saturated heterocycles. The van der Waals surface area contributed by atoms with E-state index in [1.165, 1.54) is 22.5 Å². The van der Waals surface area contributed by atoms with Crippen LogP contribution in [0.3, 0.4) is 0 Å². The van der Waals surface area contributed by atoms with Gasteiger partial charge in [-0.05, 0) is 48.7 Å². The number of piperidine rings is 1. The van der Waals surface area contributed by atoms with E-state index >= 15 is 0 Å². The first-order chi connectivity index (χ1) is 18.7. The molecule has 0 aliphatic carbocycles. The van der Waals surface area contributed by atoms with Crippen molar-refractivity contribution in [1.29, 1.82) is 0 Å². The van der Waals surface area contributed by atoms with E-state index in [0.29, 0.717) is 30.8 Å². The van der Waals surface area contributed by atoms with Gasteiger partial charge in [0.25, 0.3) is 5.91 Å². The lowest BCUT2D eigenvalue weighted by atomic mass is 9.97. The number of amides is 2. The lowest BCUT2D eigenvalue weighted by Crippen LogP contribution is -2.53.